The van der Waals surface area contributed by atoms with Crippen molar-refractivity contribution in [2.75, 3.05) is 0 Å². The Balaban J connectivity index is 1.76. The maximum absolute atomic E-state index is 13.9. The first-order chi connectivity index (χ1) is 26.1. The van der Waals surface area contributed by atoms with Gasteiger partial charge >= 0.3 is 0 Å². The lowest BCUT2D eigenvalue weighted by molar-refractivity contribution is -0.136. The molecule has 17 nitrogen and oxygen atoms in total. The Morgan fingerprint density at radius 1 is 0.655 bits per heavy atom. The van der Waals surface area contributed by atoms with Crippen LogP contribution in [0.3, 0.4) is 0 Å². The number of carbonyl (C=O) groups excluding carboxylic acids is 6. The highest BCUT2D eigenvalue weighted by molar-refractivity contribution is 5.96. The molecule has 0 saturated heterocycles. The lowest BCUT2D eigenvalue weighted by Crippen LogP contribution is -2.61. The second-order valence-corrected chi connectivity index (χ2v) is 14.7. The molecular formula is C38H57N11O6. The fourth-order valence-electron chi connectivity index (χ4n) is 5.87. The van der Waals surface area contributed by atoms with E-state index in [9.17, 15) is 28.8 Å². The van der Waals surface area contributed by atoms with Crippen LogP contribution in [0.1, 0.15) is 71.3 Å². The molecule has 0 aliphatic heterocycles. The summed E-state index contributed by atoms with van der Waals surface area (Å²) in [5.74, 6) is -4.65. The molecule has 0 fully saturated rings. The topological polar surface area (TPSA) is 272 Å². The van der Waals surface area contributed by atoms with Gasteiger partial charge in [-0.1, -0.05) is 78.3 Å². The first-order valence-electron chi connectivity index (χ1n) is 18.6. The minimum Gasteiger partial charge on any atom is -0.368 e. The molecule has 0 aliphatic carbocycles. The van der Waals surface area contributed by atoms with Crippen LogP contribution in [0.4, 0.5) is 0 Å². The van der Waals surface area contributed by atoms with Crippen molar-refractivity contribution in [3.63, 3.8) is 0 Å². The number of amides is 6. The van der Waals surface area contributed by atoms with E-state index in [0.29, 0.717) is 17.8 Å². The largest absolute Gasteiger partial charge is 0.368 e. The predicted molar refractivity (Wildman–Crippen MR) is 205 cm³/mol. The van der Waals surface area contributed by atoms with Crippen LogP contribution in [0.15, 0.2) is 55.4 Å². The molecule has 300 valence electrons. The van der Waals surface area contributed by atoms with Crippen LogP contribution in [-0.2, 0) is 48.0 Å². The lowest BCUT2D eigenvalue weighted by atomic mass is 9.95. The number of rotatable bonds is 22. The molecule has 0 radical (unpaired) electrons. The first kappa shape index (κ1) is 43.8. The third-order valence-corrected chi connectivity index (χ3v) is 9.27. The maximum atomic E-state index is 13.9. The molecule has 17 heteroatoms. The van der Waals surface area contributed by atoms with Gasteiger partial charge < -0.3 is 48.0 Å². The first-order valence-corrected chi connectivity index (χ1v) is 18.6. The Morgan fingerprint density at radius 2 is 1.16 bits per heavy atom. The number of H-pyrrole nitrogens is 2. The number of imidazole rings is 2. The van der Waals surface area contributed by atoms with Gasteiger partial charge in [0.15, 0.2) is 0 Å². The zero-order valence-electron chi connectivity index (χ0n) is 32.4. The molecule has 11 N–H and O–H groups in total. The third-order valence-electron chi connectivity index (χ3n) is 9.27. The molecule has 55 heavy (non-hydrogen) atoms. The number of carbonyl (C=O) groups is 6. The van der Waals surface area contributed by atoms with Crippen molar-refractivity contribution in [3.8, 4) is 0 Å². The zero-order chi connectivity index (χ0) is 40.7. The standard InChI is InChI=1S/C38H57N11O6/c1-7-23(6)32(38(55)45-28(33(40)50)15-25-17-41-19-43-25)49-37(54)31(22(4)5)48-36(53)29(13-21(2)3)47-35(52)30(16-26-18-42-20-44-26)46-34(51)27(39)14-24-11-9-8-10-12-24/h8-12,17-23,27-32H,7,13-16,39H2,1-6H3,(H2,40,50)(H,41,43)(H,42,44)(H,45,55)(H,46,51)(H,47,52)(H,48,53)(H,49,54)/t23-,27-,28-,29-,30-,31-,32-/m0/s1. The van der Waals surface area contributed by atoms with Gasteiger partial charge in [0.1, 0.15) is 30.2 Å². The number of nitrogens with zero attached hydrogens (tertiary/aromatic N) is 2. The average molecular weight is 764 g/mol. The maximum Gasteiger partial charge on any atom is 0.243 e. The number of aromatic nitrogens is 4. The summed E-state index contributed by atoms with van der Waals surface area (Å²) >= 11 is 0. The molecule has 3 aromatic rings. The van der Waals surface area contributed by atoms with Gasteiger partial charge in [-0.2, -0.15) is 0 Å². The summed E-state index contributed by atoms with van der Waals surface area (Å²) in [6, 6.07) is 2.85. The van der Waals surface area contributed by atoms with Gasteiger partial charge in [-0.05, 0) is 36.2 Å². The Hall–Kier alpha value is -5.58. The molecule has 0 spiro atoms. The van der Waals surface area contributed by atoms with Crippen molar-refractivity contribution in [1.29, 1.82) is 0 Å². The highest BCUT2D eigenvalue weighted by atomic mass is 16.2. The number of nitrogens with one attached hydrogen (secondary N) is 7. The third kappa shape index (κ3) is 14.0. The molecule has 0 bridgehead atoms. The molecule has 7 atom stereocenters. The van der Waals surface area contributed by atoms with E-state index in [1.54, 1.807) is 20.8 Å². The van der Waals surface area contributed by atoms with E-state index in [1.807, 2.05) is 51.1 Å². The predicted octanol–water partition coefficient (Wildman–Crippen LogP) is 0.146. The molecule has 2 aromatic heterocycles. The highest BCUT2D eigenvalue weighted by Gasteiger charge is 2.35. The van der Waals surface area contributed by atoms with Crippen molar-refractivity contribution < 1.29 is 28.8 Å². The highest BCUT2D eigenvalue weighted by Crippen LogP contribution is 2.13. The van der Waals surface area contributed by atoms with Gasteiger partial charge in [0.25, 0.3) is 0 Å². The van der Waals surface area contributed by atoms with E-state index >= 15 is 0 Å². The minimum atomic E-state index is -1.12. The van der Waals surface area contributed by atoms with E-state index in [2.05, 4.69) is 46.5 Å². The molecular weight excluding hydrogens is 706 g/mol. The molecule has 2 heterocycles. The summed E-state index contributed by atoms with van der Waals surface area (Å²) in [4.78, 5) is 94.3. The van der Waals surface area contributed by atoms with Gasteiger partial charge in [-0.3, -0.25) is 28.8 Å². The fraction of sp³-hybridized carbons (Fsp3) is 0.526. The van der Waals surface area contributed by atoms with Crippen molar-refractivity contribution in [2.24, 2.45) is 29.2 Å². The molecule has 0 saturated carbocycles. The molecule has 0 unspecified atom stereocenters. The second kappa shape index (κ2) is 21.3. The van der Waals surface area contributed by atoms with E-state index < -0.39 is 77.6 Å². The molecule has 6 amide bonds. The Labute approximate surface area is 321 Å². The number of nitrogens with two attached hydrogens (primary N) is 2. The van der Waals surface area contributed by atoms with E-state index in [-0.39, 0.29) is 37.5 Å². The van der Waals surface area contributed by atoms with Crippen molar-refractivity contribution in [1.82, 2.24) is 46.5 Å². The summed E-state index contributed by atoms with van der Waals surface area (Å²) in [6.07, 6.45) is 7.02. The summed E-state index contributed by atoms with van der Waals surface area (Å²) < 4.78 is 0. The molecule has 0 aliphatic rings. The number of aromatic amines is 2. The number of benzene rings is 1. The van der Waals surface area contributed by atoms with Crippen LogP contribution in [-0.4, -0.2) is 91.6 Å². The quantitative estimate of drug-likeness (QED) is 0.0673. The Kier molecular flexibility index (Phi) is 17.0. The van der Waals surface area contributed by atoms with Gasteiger partial charge in [0.05, 0.1) is 18.7 Å². The Bertz CT molecular complexity index is 1680. The Morgan fingerprint density at radius 3 is 1.67 bits per heavy atom. The molecule has 1 aromatic carbocycles. The van der Waals surface area contributed by atoms with Gasteiger partial charge in [-0.25, -0.2) is 9.97 Å². The lowest BCUT2D eigenvalue weighted by Gasteiger charge is -2.30. The summed E-state index contributed by atoms with van der Waals surface area (Å²) in [6.45, 7) is 10.9. The van der Waals surface area contributed by atoms with Crippen molar-refractivity contribution in [2.45, 2.75) is 110 Å². The van der Waals surface area contributed by atoms with E-state index in [0.717, 1.165) is 5.56 Å². The van der Waals surface area contributed by atoms with Crippen LogP contribution < -0.4 is 38.1 Å². The molecule has 3 rings (SSSR count). The van der Waals surface area contributed by atoms with Crippen LogP contribution in [0.5, 0.6) is 0 Å². The van der Waals surface area contributed by atoms with Crippen LogP contribution in [0, 0.1) is 17.8 Å². The van der Waals surface area contributed by atoms with Crippen LogP contribution in [0.25, 0.3) is 0 Å². The second-order valence-electron chi connectivity index (χ2n) is 14.7. The summed E-state index contributed by atoms with van der Waals surface area (Å²) in [5, 5.41) is 13.7. The zero-order valence-corrected chi connectivity index (χ0v) is 32.4. The smallest absolute Gasteiger partial charge is 0.243 e. The number of primary amides is 1. The minimum absolute atomic E-state index is 0.0419. The summed E-state index contributed by atoms with van der Waals surface area (Å²) in [7, 11) is 0. The van der Waals surface area contributed by atoms with E-state index in [4.69, 9.17) is 11.5 Å². The monoisotopic (exact) mass is 763 g/mol. The van der Waals surface area contributed by atoms with Gasteiger partial charge in [0.2, 0.25) is 35.4 Å². The normalized spacial score (nSPS) is 15.1. The number of hydrogen-bond donors (Lipinski definition) is 9. The number of hydrogen-bond acceptors (Lipinski definition) is 9. The van der Waals surface area contributed by atoms with Crippen LogP contribution in [0.2, 0.25) is 0 Å². The van der Waals surface area contributed by atoms with Gasteiger partial charge in [-0.15, -0.1) is 0 Å². The van der Waals surface area contributed by atoms with Crippen LogP contribution >= 0.6 is 0 Å². The SMILES string of the molecule is CC[C@H](C)[C@H](NC(=O)[C@@H](NC(=O)[C@H](CC(C)C)NC(=O)[C@H](Cc1cnc[nH]1)NC(=O)[C@@H](N)Cc1ccccc1)C(C)C)C(=O)N[C@@H](Cc1cnc[nH]1)C(N)=O. The van der Waals surface area contributed by atoms with Crippen molar-refractivity contribution in [3.05, 3.63) is 72.3 Å². The summed E-state index contributed by atoms with van der Waals surface area (Å²) in [5.41, 5.74) is 13.8. The average Bonchev–Trinajstić information content (AvgIpc) is 3.86. The van der Waals surface area contributed by atoms with Crippen molar-refractivity contribution >= 4 is 35.4 Å². The fourth-order valence-corrected chi connectivity index (χ4v) is 5.87. The van der Waals surface area contributed by atoms with Gasteiger partial charge in [0, 0.05) is 36.6 Å². The van der Waals surface area contributed by atoms with E-state index in [1.165, 1.54) is 25.0 Å².